The van der Waals surface area contributed by atoms with Crippen LogP contribution < -0.4 is 15.9 Å². The SMILES string of the molecule is CNC.c1ccc(Pc2ccccc2-c2ccccc2)cc1. The summed E-state index contributed by atoms with van der Waals surface area (Å²) < 4.78 is 0. The molecule has 3 aromatic rings. The van der Waals surface area contributed by atoms with E-state index in [1.54, 1.807) is 0 Å². The first-order chi connectivity index (χ1) is 10.8. The summed E-state index contributed by atoms with van der Waals surface area (Å²) in [6, 6.07) is 29.9. The second-order valence-corrected chi connectivity index (χ2v) is 6.27. The monoisotopic (exact) mass is 307 g/mol. The van der Waals surface area contributed by atoms with Gasteiger partial charge in [-0.25, -0.2) is 0 Å². The second-order valence-electron chi connectivity index (χ2n) is 4.90. The maximum atomic E-state index is 2.75. The van der Waals surface area contributed by atoms with Crippen LogP contribution in [0.2, 0.25) is 0 Å². The van der Waals surface area contributed by atoms with Crippen LogP contribution in [-0.4, -0.2) is 14.1 Å². The van der Waals surface area contributed by atoms with Gasteiger partial charge < -0.3 is 5.32 Å². The molecule has 2 heteroatoms. The van der Waals surface area contributed by atoms with Gasteiger partial charge in [0.15, 0.2) is 0 Å². The van der Waals surface area contributed by atoms with Crippen molar-refractivity contribution in [2.24, 2.45) is 0 Å². The summed E-state index contributed by atoms with van der Waals surface area (Å²) in [5.74, 6) is 0. The molecule has 1 nitrogen and oxygen atoms in total. The van der Waals surface area contributed by atoms with E-state index in [1.807, 2.05) is 14.1 Å². The zero-order chi connectivity index (χ0) is 15.6. The van der Waals surface area contributed by atoms with Gasteiger partial charge in [0.1, 0.15) is 0 Å². The summed E-state index contributed by atoms with van der Waals surface area (Å²) >= 11 is 0. The van der Waals surface area contributed by atoms with Crippen molar-refractivity contribution < 1.29 is 0 Å². The van der Waals surface area contributed by atoms with E-state index in [1.165, 1.54) is 21.7 Å². The highest BCUT2D eigenvalue weighted by Gasteiger charge is 2.04. The van der Waals surface area contributed by atoms with Crippen molar-refractivity contribution in [2.45, 2.75) is 0 Å². The minimum absolute atomic E-state index is 0.701. The van der Waals surface area contributed by atoms with Gasteiger partial charge in [0.25, 0.3) is 0 Å². The van der Waals surface area contributed by atoms with Crippen LogP contribution in [0.4, 0.5) is 0 Å². The van der Waals surface area contributed by atoms with Crippen molar-refractivity contribution in [3.8, 4) is 11.1 Å². The Morgan fingerprint density at radius 1 is 0.636 bits per heavy atom. The number of hydrogen-bond acceptors (Lipinski definition) is 1. The van der Waals surface area contributed by atoms with Gasteiger partial charge in [0, 0.05) is 0 Å². The van der Waals surface area contributed by atoms with Crippen LogP contribution in [0.1, 0.15) is 0 Å². The van der Waals surface area contributed by atoms with Gasteiger partial charge in [-0.2, -0.15) is 0 Å². The number of nitrogens with one attached hydrogen (secondary N) is 1. The molecule has 0 aliphatic rings. The Morgan fingerprint density at radius 2 is 1.14 bits per heavy atom. The number of benzene rings is 3. The molecule has 112 valence electrons. The molecule has 1 atom stereocenters. The fraction of sp³-hybridized carbons (Fsp3) is 0.100. The van der Waals surface area contributed by atoms with Gasteiger partial charge in [-0.05, 0) is 35.8 Å². The Bertz CT molecular complexity index is 666. The summed E-state index contributed by atoms with van der Waals surface area (Å²) in [4.78, 5) is 0. The van der Waals surface area contributed by atoms with Crippen molar-refractivity contribution in [3.63, 3.8) is 0 Å². The van der Waals surface area contributed by atoms with Crippen molar-refractivity contribution in [1.29, 1.82) is 0 Å². The van der Waals surface area contributed by atoms with E-state index in [0.717, 1.165) is 0 Å². The van der Waals surface area contributed by atoms with Crippen LogP contribution in [0.25, 0.3) is 11.1 Å². The molecule has 0 aliphatic heterocycles. The summed E-state index contributed by atoms with van der Waals surface area (Å²) in [7, 11) is 4.45. The molecule has 0 saturated carbocycles. The third kappa shape index (κ3) is 4.80. The molecule has 0 spiro atoms. The van der Waals surface area contributed by atoms with Crippen LogP contribution in [-0.2, 0) is 0 Å². The standard InChI is InChI=1S/C18H15P.C2H7N/c1-3-9-15(10-4-1)17-13-7-8-14-18(17)19-16-11-5-2-6-12-16;1-3-2/h1-14,19H;3H,1-2H3. The molecule has 0 fully saturated rings. The largest absolute Gasteiger partial charge is 0.323 e. The van der Waals surface area contributed by atoms with E-state index < -0.39 is 0 Å². The third-order valence-corrected chi connectivity index (χ3v) is 4.39. The lowest BCUT2D eigenvalue weighted by atomic mass is 10.1. The van der Waals surface area contributed by atoms with Crippen molar-refractivity contribution in [3.05, 3.63) is 84.9 Å². The molecule has 1 N–H and O–H groups in total. The zero-order valence-corrected chi connectivity index (χ0v) is 14.1. The first-order valence-electron chi connectivity index (χ1n) is 7.40. The van der Waals surface area contributed by atoms with Crippen LogP contribution in [0.15, 0.2) is 84.9 Å². The Labute approximate surface area is 135 Å². The normalized spacial score (nSPS) is 10.3. The highest BCUT2D eigenvalue weighted by Crippen LogP contribution is 2.22. The molecule has 0 saturated heterocycles. The number of rotatable bonds is 3. The molecule has 0 amide bonds. The average molecular weight is 307 g/mol. The first-order valence-corrected chi connectivity index (χ1v) is 8.40. The molecule has 0 aliphatic carbocycles. The van der Waals surface area contributed by atoms with Crippen LogP contribution in [0.5, 0.6) is 0 Å². The van der Waals surface area contributed by atoms with Crippen molar-refractivity contribution in [1.82, 2.24) is 5.32 Å². The highest BCUT2D eigenvalue weighted by molar-refractivity contribution is 7.55. The molecule has 0 heterocycles. The van der Waals surface area contributed by atoms with Gasteiger partial charge in [-0.15, -0.1) is 0 Å². The van der Waals surface area contributed by atoms with E-state index in [0.29, 0.717) is 8.58 Å². The Kier molecular flexibility index (Phi) is 6.83. The summed E-state index contributed by atoms with van der Waals surface area (Å²) in [6.45, 7) is 0. The molecule has 0 radical (unpaired) electrons. The van der Waals surface area contributed by atoms with E-state index in [-0.39, 0.29) is 0 Å². The van der Waals surface area contributed by atoms with E-state index >= 15 is 0 Å². The topological polar surface area (TPSA) is 12.0 Å². The molecule has 22 heavy (non-hydrogen) atoms. The number of hydrogen-bond donors (Lipinski definition) is 1. The van der Waals surface area contributed by atoms with E-state index in [2.05, 4.69) is 90.2 Å². The van der Waals surface area contributed by atoms with Gasteiger partial charge in [-0.1, -0.05) is 93.5 Å². The third-order valence-electron chi connectivity index (χ3n) is 3.06. The van der Waals surface area contributed by atoms with Crippen LogP contribution in [0, 0.1) is 0 Å². The van der Waals surface area contributed by atoms with E-state index in [4.69, 9.17) is 0 Å². The fourth-order valence-electron chi connectivity index (χ4n) is 2.14. The zero-order valence-electron chi connectivity index (χ0n) is 13.1. The maximum absolute atomic E-state index is 2.75. The summed E-state index contributed by atoms with van der Waals surface area (Å²) in [6.07, 6.45) is 0. The van der Waals surface area contributed by atoms with E-state index in [9.17, 15) is 0 Å². The van der Waals surface area contributed by atoms with Crippen molar-refractivity contribution >= 4 is 19.2 Å². The van der Waals surface area contributed by atoms with Gasteiger partial charge in [0.2, 0.25) is 0 Å². The first kappa shape index (κ1) is 16.4. The minimum atomic E-state index is 0.701. The lowest BCUT2D eigenvalue weighted by Gasteiger charge is -2.09. The Morgan fingerprint density at radius 3 is 1.77 bits per heavy atom. The summed E-state index contributed by atoms with van der Waals surface area (Å²) in [5.41, 5.74) is 2.63. The van der Waals surface area contributed by atoms with Crippen LogP contribution >= 0.6 is 8.58 Å². The quantitative estimate of drug-likeness (QED) is 0.725. The summed E-state index contributed by atoms with van der Waals surface area (Å²) in [5, 5.41) is 5.53. The lowest BCUT2D eigenvalue weighted by molar-refractivity contribution is 1.02. The predicted molar refractivity (Wildman–Crippen MR) is 101 cm³/mol. The van der Waals surface area contributed by atoms with Gasteiger partial charge in [0.05, 0.1) is 0 Å². The molecule has 3 aromatic carbocycles. The maximum Gasteiger partial charge on any atom is -0.0106 e. The molecule has 0 bridgehead atoms. The Balaban J connectivity index is 0.000000545. The fourth-order valence-corrected chi connectivity index (χ4v) is 3.35. The molecular weight excluding hydrogens is 285 g/mol. The molecular formula is C20H22NP. The van der Waals surface area contributed by atoms with Crippen LogP contribution in [0.3, 0.4) is 0 Å². The highest BCUT2D eigenvalue weighted by atomic mass is 31.1. The smallest absolute Gasteiger partial charge is 0.0106 e. The average Bonchev–Trinajstić information content (AvgIpc) is 2.58. The molecule has 3 rings (SSSR count). The molecule has 1 unspecified atom stereocenters. The second kappa shape index (κ2) is 9.15. The molecule has 0 aromatic heterocycles. The Hall–Kier alpha value is -1.95. The van der Waals surface area contributed by atoms with Gasteiger partial charge >= 0.3 is 0 Å². The lowest BCUT2D eigenvalue weighted by Crippen LogP contribution is -2.05. The minimum Gasteiger partial charge on any atom is -0.323 e. The van der Waals surface area contributed by atoms with Gasteiger partial charge in [-0.3, -0.25) is 0 Å². The predicted octanol–water partition coefficient (Wildman–Crippen LogP) is 3.82. The van der Waals surface area contributed by atoms with Crippen molar-refractivity contribution in [2.75, 3.05) is 14.1 Å².